The van der Waals surface area contributed by atoms with Gasteiger partial charge in [0.25, 0.3) is 0 Å². The summed E-state index contributed by atoms with van der Waals surface area (Å²) in [6, 6.07) is 17.5. The lowest BCUT2D eigenvalue weighted by molar-refractivity contribution is -0.127. The lowest BCUT2D eigenvalue weighted by Crippen LogP contribution is -2.47. The van der Waals surface area contributed by atoms with Crippen molar-refractivity contribution in [3.63, 3.8) is 0 Å². The van der Waals surface area contributed by atoms with E-state index in [0.29, 0.717) is 22.0 Å². The molecule has 0 bridgehead atoms. The van der Waals surface area contributed by atoms with Crippen molar-refractivity contribution in [1.82, 2.24) is 5.32 Å². The van der Waals surface area contributed by atoms with Gasteiger partial charge in [-0.05, 0) is 54.6 Å². The van der Waals surface area contributed by atoms with Crippen LogP contribution in [0.2, 0.25) is 5.02 Å². The second kappa shape index (κ2) is 10.9. The molecule has 3 aromatic rings. The Morgan fingerprint density at radius 1 is 1.09 bits per heavy atom. The van der Waals surface area contributed by atoms with E-state index in [4.69, 9.17) is 16.3 Å². The Morgan fingerprint density at radius 2 is 1.82 bits per heavy atom. The van der Waals surface area contributed by atoms with Gasteiger partial charge in [0.2, 0.25) is 11.8 Å². The van der Waals surface area contributed by atoms with Gasteiger partial charge >= 0.3 is 0 Å². The van der Waals surface area contributed by atoms with Crippen molar-refractivity contribution in [3.05, 3.63) is 81.5 Å². The fraction of sp³-hybridized carbons (Fsp3) is 0.308. The molecule has 1 aliphatic carbocycles. The van der Waals surface area contributed by atoms with Crippen molar-refractivity contribution in [1.29, 1.82) is 0 Å². The fourth-order valence-electron chi connectivity index (χ4n) is 4.27. The normalized spacial score (nSPS) is 14.6. The van der Waals surface area contributed by atoms with E-state index < -0.39 is 6.04 Å². The predicted octanol–water partition coefficient (Wildman–Crippen LogP) is 5.79. The molecule has 0 spiro atoms. The number of carbonyl (C=O) groups excluding carboxylic acids is 2. The summed E-state index contributed by atoms with van der Waals surface area (Å²) in [4.78, 5) is 29.9. The van der Waals surface area contributed by atoms with Crippen molar-refractivity contribution >= 4 is 40.4 Å². The number of benzene rings is 2. The number of thiophene rings is 1. The first-order valence-electron chi connectivity index (χ1n) is 11.1. The van der Waals surface area contributed by atoms with Crippen LogP contribution in [0.3, 0.4) is 0 Å². The summed E-state index contributed by atoms with van der Waals surface area (Å²) < 4.78 is 5.29. The lowest BCUT2D eigenvalue weighted by atomic mass is 10.0. The molecule has 1 aliphatic rings. The third-order valence-corrected chi connectivity index (χ3v) is 7.15. The average Bonchev–Trinajstić information content (AvgIpc) is 3.52. The summed E-state index contributed by atoms with van der Waals surface area (Å²) in [6.07, 6.45) is 4.29. The summed E-state index contributed by atoms with van der Waals surface area (Å²) in [5.74, 6) is 0.286. The molecule has 5 nitrogen and oxygen atoms in total. The summed E-state index contributed by atoms with van der Waals surface area (Å²) in [7, 11) is 1.59. The number of nitrogens with zero attached hydrogens (tertiary/aromatic N) is 1. The molecule has 0 unspecified atom stereocenters. The molecule has 0 aliphatic heterocycles. The molecule has 1 saturated carbocycles. The molecule has 2 amide bonds. The molecule has 1 fully saturated rings. The number of rotatable bonds is 8. The van der Waals surface area contributed by atoms with E-state index >= 15 is 0 Å². The maximum Gasteiger partial charge on any atom is 0.248 e. The van der Waals surface area contributed by atoms with Gasteiger partial charge in [-0.1, -0.05) is 48.7 Å². The van der Waals surface area contributed by atoms with Crippen LogP contribution in [0.1, 0.15) is 42.2 Å². The number of hydrogen-bond donors (Lipinski definition) is 1. The second-order valence-corrected chi connectivity index (χ2v) is 9.57. The average molecular weight is 483 g/mol. The van der Waals surface area contributed by atoms with Crippen molar-refractivity contribution in [3.8, 4) is 5.75 Å². The van der Waals surface area contributed by atoms with Crippen LogP contribution in [0, 0.1) is 0 Å². The maximum absolute atomic E-state index is 13.7. The number of nitrogens with one attached hydrogen (secondary N) is 1. The minimum atomic E-state index is -0.889. The third kappa shape index (κ3) is 5.57. The van der Waals surface area contributed by atoms with Crippen LogP contribution in [0.4, 0.5) is 5.69 Å². The molecule has 4 rings (SSSR count). The molecule has 0 radical (unpaired) electrons. The van der Waals surface area contributed by atoms with Crippen molar-refractivity contribution in [2.24, 2.45) is 0 Å². The van der Waals surface area contributed by atoms with E-state index in [0.717, 1.165) is 30.6 Å². The van der Waals surface area contributed by atoms with E-state index in [-0.39, 0.29) is 24.3 Å². The van der Waals surface area contributed by atoms with Crippen LogP contribution in [-0.4, -0.2) is 25.0 Å². The smallest absolute Gasteiger partial charge is 0.248 e. The number of ether oxygens (including phenoxy) is 1. The van der Waals surface area contributed by atoms with Crippen LogP contribution in [0.5, 0.6) is 5.75 Å². The minimum absolute atomic E-state index is 0.118. The van der Waals surface area contributed by atoms with E-state index in [9.17, 15) is 9.59 Å². The van der Waals surface area contributed by atoms with Gasteiger partial charge in [0.05, 0.1) is 13.5 Å². The topological polar surface area (TPSA) is 58.6 Å². The molecule has 1 heterocycles. The largest absolute Gasteiger partial charge is 0.497 e. The Hall–Kier alpha value is -2.83. The highest BCUT2D eigenvalue weighted by Gasteiger charge is 2.35. The zero-order valence-electron chi connectivity index (χ0n) is 18.5. The predicted molar refractivity (Wildman–Crippen MR) is 133 cm³/mol. The molecular weight excluding hydrogens is 456 g/mol. The molecule has 2 aromatic carbocycles. The molecule has 172 valence electrons. The monoisotopic (exact) mass is 482 g/mol. The Balaban J connectivity index is 1.77. The summed E-state index contributed by atoms with van der Waals surface area (Å²) in [5, 5.41) is 5.57. The van der Waals surface area contributed by atoms with Gasteiger partial charge in [-0.25, -0.2) is 0 Å². The van der Waals surface area contributed by atoms with Gasteiger partial charge < -0.3 is 10.1 Å². The first-order chi connectivity index (χ1) is 16.1. The Bertz CT molecular complexity index is 1080. The maximum atomic E-state index is 13.7. The second-order valence-electron chi connectivity index (χ2n) is 8.13. The molecular formula is C26H27ClN2O3S. The SMILES string of the molecule is COc1ccc(N(C(=O)Cc2cccs2)[C@H](C(=O)NC2CCCC2)c2ccccc2Cl)cc1. The van der Waals surface area contributed by atoms with Gasteiger partial charge in [0, 0.05) is 27.2 Å². The van der Waals surface area contributed by atoms with E-state index in [2.05, 4.69) is 5.32 Å². The molecule has 33 heavy (non-hydrogen) atoms. The van der Waals surface area contributed by atoms with Crippen LogP contribution < -0.4 is 15.0 Å². The van der Waals surface area contributed by atoms with Crippen molar-refractivity contribution in [2.75, 3.05) is 12.0 Å². The minimum Gasteiger partial charge on any atom is -0.497 e. The Labute approximate surface area is 203 Å². The molecule has 1 N–H and O–H groups in total. The van der Waals surface area contributed by atoms with Crippen LogP contribution in [0.25, 0.3) is 0 Å². The molecule has 1 aromatic heterocycles. The Morgan fingerprint density at radius 3 is 2.45 bits per heavy atom. The highest BCUT2D eigenvalue weighted by Crippen LogP contribution is 2.34. The summed E-state index contributed by atoms with van der Waals surface area (Å²) >= 11 is 8.09. The quantitative estimate of drug-likeness (QED) is 0.442. The van der Waals surface area contributed by atoms with Crippen molar-refractivity contribution in [2.45, 2.75) is 44.2 Å². The number of amides is 2. The van der Waals surface area contributed by atoms with E-state index in [1.165, 1.54) is 11.3 Å². The highest BCUT2D eigenvalue weighted by atomic mass is 35.5. The lowest BCUT2D eigenvalue weighted by Gasteiger charge is -2.33. The summed E-state index contributed by atoms with van der Waals surface area (Å²) in [5.41, 5.74) is 1.22. The van der Waals surface area contributed by atoms with Crippen molar-refractivity contribution < 1.29 is 14.3 Å². The first kappa shape index (κ1) is 23.3. The highest BCUT2D eigenvalue weighted by molar-refractivity contribution is 7.10. The molecule has 0 saturated heterocycles. The van der Waals surface area contributed by atoms with Gasteiger partial charge in [-0.15, -0.1) is 11.3 Å². The number of halogens is 1. The van der Waals surface area contributed by atoms with Gasteiger partial charge in [-0.3, -0.25) is 14.5 Å². The van der Waals surface area contributed by atoms with E-state index in [1.807, 2.05) is 35.7 Å². The number of carbonyl (C=O) groups is 2. The zero-order chi connectivity index (χ0) is 23.2. The van der Waals surface area contributed by atoms with Crippen LogP contribution >= 0.6 is 22.9 Å². The first-order valence-corrected chi connectivity index (χ1v) is 12.4. The Kier molecular flexibility index (Phi) is 7.68. The number of methoxy groups -OCH3 is 1. The number of hydrogen-bond acceptors (Lipinski definition) is 4. The van der Waals surface area contributed by atoms with Gasteiger partial charge in [-0.2, -0.15) is 0 Å². The standard InChI is InChI=1S/C26H27ClN2O3S/c1-32-20-14-12-19(13-15-20)29(24(30)17-21-9-6-16-33-21)25(22-10-4-5-11-23(22)27)26(31)28-18-7-2-3-8-18/h4-6,9-16,18,25H,2-3,7-8,17H2,1H3,(H,28,31)/t25-/m0/s1. The number of anilines is 1. The molecule has 1 atom stereocenters. The van der Waals surface area contributed by atoms with Crippen LogP contribution in [-0.2, 0) is 16.0 Å². The van der Waals surface area contributed by atoms with Crippen LogP contribution in [0.15, 0.2) is 66.0 Å². The zero-order valence-corrected chi connectivity index (χ0v) is 20.1. The van der Waals surface area contributed by atoms with E-state index in [1.54, 1.807) is 42.3 Å². The summed E-state index contributed by atoms with van der Waals surface area (Å²) in [6.45, 7) is 0. The third-order valence-electron chi connectivity index (χ3n) is 5.93. The van der Waals surface area contributed by atoms with Gasteiger partial charge in [0.15, 0.2) is 0 Å². The van der Waals surface area contributed by atoms with Gasteiger partial charge in [0.1, 0.15) is 11.8 Å². The molecule has 7 heteroatoms. The fourth-order valence-corrected chi connectivity index (χ4v) is 5.21.